The normalized spacial score (nSPS) is 12.1. The summed E-state index contributed by atoms with van der Waals surface area (Å²) in [5.41, 5.74) is 3.32. The second-order valence-electron chi connectivity index (χ2n) is 6.36. The minimum absolute atomic E-state index is 0.412. The number of hydrogen-bond acceptors (Lipinski definition) is 5. The zero-order valence-electron chi connectivity index (χ0n) is 16.2. The molecule has 29 heavy (non-hydrogen) atoms. The summed E-state index contributed by atoms with van der Waals surface area (Å²) in [5.74, 6) is -1.06. The fraction of sp³-hybridized carbons (Fsp3) is 0.190. The first-order valence-corrected chi connectivity index (χ1v) is 10.2. The van der Waals surface area contributed by atoms with Gasteiger partial charge in [0.15, 0.2) is 11.2 Å². The van der Waals surface area contributed by atoms with Gasteiger partial charge in [-0.3, -0.25) is 9.36 Å². The van der Waals surface area contributed by atoms with Crippen molar-refractivity contribution in [3.63, 3.8) is 0 Å². The molecular weight excluding hydrogens is 410 g/mol. The van der Waals surface area contributed by atoms with Crippen LogP contribution in [0.15, 0.2) is 48.0 Å². The Bertz CT molecular complexity index is 1060. The molecule has 1 amide bonds. The lowest BCUT2D eigenvalue weighted by atomic mass is 10.2. The highest BCUT2D eigenvalue weighted by molar-refractivity contribution is 7.12. The summed E-state index contributed by atoms with van der Waals surface area (Å²) in [7, 11) is 0. The standard InChI is InChI=1S/C21H20ClN3O3S/c1-13-12-16(14(2)25(13)21-23-10-11-29-21)8-9-19(26)28-15(3)20(27)24-18-7-5-4-6-17(18)22/h4-12,15H,1-3H3,(H,24,27)/b9-8+. The van der Waals surface area contributed by atoms with Crippen LogP contribution in [0.2, 0.25) is 5.02 Å². The topological polar surface area (TPSA) is 73.2 Å². The first-order valence-electron chi connectivity index (χ1n) is 8.89. The van der Waals surface area contributed by atoms with E-state index in [1.165, 1.54) is 24.3 Å². The summed E-state index contributed by atoms with van der Waals surface area (Å²) < 4.78 is 7.22. The minimum Gasteiger partial charge on any atom is -0.449 e. The summed E-state index contributed by atoms with van der Waals surface area (Å²) in [6.07, 6.45) is 3.77. The molecule has 3 aromatic rings. The lowest BCUT2D eigenvalue weighted by Crippen LogP contribution is -2.29. The third kappa shape index (κ3) is 4.93. The van der Waals surface area contributed by atoms with Crippen molar-refractivity contribution in [2.45, 2.75) is 26.9 Å². The molecule has 0 aliphatic rings. The number of carbonyl (C=O) groups is 2. The summed E-state index contributed by atoms with van der Waals surface area (Å²) >= 11 is 7.56. The van der Waals surface area contributed by atoms with Crippen molar-refractivity contribution in [2.75, 3.05) is 5.32 Å². The molecule has 1 atom stereocenters. The number of rotatable bonds is 6. The number of thiazole rings is 1. The number of nitrogens with one attached hydrogen (secondary N) is 1. The van der Waals surface area contributed by atoms with Gasteiger partial charge in [-0.1, -0.05) is 23.7 Å². The van der Waals surface area contributed by atoms with Crippen LogP contribution in [0.5, 0.6) is 0 Å². The lowest BCUT2D eigenvalue weighted by molar-refractivity contribution is -0.148. The Morgan fingerprint density at radius 2 is 2.07 bits per heavy atom. The summed E-state index contributed by atoms with van der Waals surface area (Å²) in [6.45, 7) is 5.44. The van der Waals surface area contributed by atoms with Crippen molar-refractivity contribution in [3.8, 4) is 5.13 Å². The van der Waals surface area contributed by atoms with Crippen LogP contribution in [0.1, 0.15) is 23.9 Å². The average molecular weight is 430 g/mol. The molecule has 0 aliphatic carbocycles. The van der Waals surface area contributed by atoms with Gasteiger partial charge in [0.05, 0.1) is 10.7 Å². The molecule has 3 rings (SSSR count). The molecule has 150 valence electrons. The van der Waals surface area contributed by atoms with Crippen molar-refractivity contribution in [1.82, 2.24) is 9.55 Å². The van der Waals surface area contributed by atoms with E-state index in [0.29, 0.717) is 10.7 Å². The molecule has 2 aromatic heterocycles. The molecule has 2 heterocycles. The maximum absolute atomic E-state index is 12.2. The maximum Gasteiger partial charge on any atom is 0.331 e. The lowest BCUT2D eigenvalue weighted by Gasteiger charge is -2.13. The number of aromatic nitrogens is 2. The first kappa shape index (κ1) is 20.8. The second kappa shape index (κ2) is 9.07. The minimum atomic E-state index is -0.967. The van der Waals surface area contributed by atoms with Gasteiger partial charge < -0.3 is 10.1 Å². The monoisotopic (exact) mass is 429 g/mol. The van der Waals surface area contributed by atoms with Gasteiger partial charge in [-0.15, -0.1) is 11.3 Å². The number of benzene rings is 1. The zero-order chi connectivity index (χ0) is 21.0. The van der Waals surface area contributed by atoms with Crippen LogP contribution in [-0.4, -0.2) is 27.5 Å². The van der Waals surface area contributed by atoms with E-state index in [1.807, 2.05) is 29.9 Å². The third-order valence-electron chi connectivity index (χ3n) is 4.27. The molecule has 1 aromatic carbocycles. The Hall–Kier alpha value is -2.90. The fourth-order valence-corrected chi connectivity index (χ4v) is 3.73. The number of ether oxygens (including phenoxy) is 1. The summed E-state index contributed by atoms with van der Waals surface area (Å²) in [6, 6.07) is 8.82. The van der Waals surface area contributed by atoms with Crippen molar-refractivity contribution < 1.29 is 14.3 Å². The molecule has 1 unspecified atom stereocenters. The zero-order valence-corrected chi connectivity index (χ0v) is 17.8. The van der Waals surface area contributed by atoms with Gasteiger partial charge in [0.25, 0.3) is 5.91 Å². The fourth-order valence-electron chi connectivity index (χ4n) is 2.80. The van der Waals surface area contributed by atoms with Gasteiger partial charge in [0.1, 0.15) is 0 Å². The van der Waals surface area contributed by atoms with E-state index in [1.54, 1.807) is 36.5 Å². The van der Waals surface area contributed by atoms with Gasteiger partial charge in [0.2, 0.25) is 0 Å². The first-order chi connectivity index (χ1) is 13.9. The Labute approximate surface area is 177 Å². The highest BCUT2D eigenvalue weighted by Crippen LogP contribution is 2.23. The molecule has 0 aliphatic heterocycles. The van der Waals surface area contributed by atoms with E-state index >= 15 is 0 Å². The number of para-hydroxylation sites is 1. The number of hydrogen-bond donors (Lipinski definition) is 1. The van der Waals surface area contributed by atoms with E-state index in [9.17, 15) is 9.59 Å². The second-order valence-corrected chi connectivity index (χ2v) is 7.64. The molecule has 8 heteroatoms. The molecule has 0 bridgehead atoms. The van der Waals surface area contributed by atoms with E-state index in [4.69, 9.17) is 16.3 Å². The van der Waals surface area contributed by atoms with E-state index < -0.39 is 18.0 Å². The number of aryl methyl sites for hydroxylation is 1. The maximum atomic E-state index is 12.2. The molecule has 1 N–H and O–H groups in total. The van der Waals surface area contributed by atoms with Crippen molar-refractivity contribution in [1.29, 1.82) is 0 Å². The van der Waals surface area contributed by atoms with Gasteiger partial charge in [-0.25, -0.2) is 9.78 Å². The Morgan fingerprint density at radius 3 is 2.76 bits per heavy atom. The summed E-state index contributed by atoms with van der Waals surface area (Å²) in [5, 5.41) is 5.84. The van der Waals surface area contributed by atoms with Crippen molar-refractivity contribution in [2.24, 2.45) is 0 Å². The predicted octanol–water partition coefficient (Wildman–Crippen LogP) is 4.79. The van der Waals surface area contributed by atoms with Crippen LogP contribution in [0.3, 0.4) is 0 Å². The molecule has 6 nitrogen and oxygen atoms in total. The van der Waals surface area contributed by atoms with Crippen LogP contribution in [0.4, 0.5) is 5.69 Å². The van der Waals surface area contributed by atoms with Crippen LogP contribution in [-0.2, 0) is 14.3 Å². The number of halogens is 1. The van der Waals surface area contributed by atoms with Gasteiger partial charge >= 0.3 is 5.97 Å². The van der Waals surface area contributed by atoms with E-state index in [0.717, 1.165) is 22.1 Å². The van der Waals surface area contributed by atoms with Gasteiger partial charge in [0, 0.05) is 29.0 Å². The predicted molar refractivity (Wildman–Crippen MR) is 116 cm³/mol. The van der Waals surface area contributed by atoms with Crippen molar-refractivity contribution in [3.05, 3.63) is 70.0 Å². The number of anilines is 1. The molecule has 0 saturated carbocycles. The Balaban J connectivity index is 1.63. The third-order valence-corrected chi connectivity index (χ3v) is 5.36. The largest absolute Gasteiger partial charge is 0.449 e. The Kier molecular flexibility index (Phi) is 6.51. The number of esters is 1. The average Bonchev–Trinajstić information content (AvgIpc) is 3.29. The molecule has 0 spiro atoms. The highest BCUT2D eigenvalue weighted by Gasteiger charge is 2.18. The number of carbonyl (C=O) groups excluding carboxylic acids is 2. The molecule has 0 fully saturated rings. The van der Waals surface area contributed by atoms with Crippen LogP contribution in [0, 0.1) is 13.8 Å². The number of nitrogens with zero attached hydrogens (tertiary/aromatic N) is 2. The highest BCUT2D eigenvalue weighted by atomic mass is 35.5. The van der Waals surface area contributed by atoms with Crippen LogP contribution in [0.25, 0.3) is 11.2 Å². The molecule has 0 saturated heterocycles. The van der Waals surface area contributed by atoms with Crippen LogP contribution >= 0.6 is 22.9 Å². The molecule has 0 radical (unpaired) electrons. The van der Waals surface area contributed by atoms with Gasteiger partial charge in [-0.2, -0.15) is 0 Å². The van der Waals surface area contributed by atoms with E-state index in [2.05, 4.69) is 10.3 Å². The van der Waals surface area contributed by atoms with Gasteiger partial charge in [-0.05, 0) is 50.6 Å². The van der Waals surface area contributed by atoms with E-state index in [-0.39, 0.29) is 0 Å². The smallest absolute Gasteiger partial charge is 0.331 e. The van der Waals surface area contributed by atoms with Crippen LogP contribution < -0.4 is 5.32 Å². The SMILES string of the molecule is Cc1cc(/C=C/C(=O)OC(C)C(=O)Nc2ccccc2Cl)c(C)n1-c1nccs1. The summed E-state index contributed by atoms with van der Waals surface area (Å²) in [4.78, 5) is 28.7. The van der Waals surface area contributed by atoms with Crippen molar-refractivity contribution >= 4 is 46.6 Å². The molecular formula is C21H20ClN3O3S. The Morgan fingerprint density at radius 1 is 1.31 bits per heavy atom. The number of amides is 1. The quantitative estimate of drug-likeness (QED) is 0.451.